The number of rotatable bonds is 6. The molecule has 0 spiro atoms. The molecule has 5 rings (SSSR count). The summed E-state index contributed by atoms with van der Waals surface area (Å²) in [6.07, 6.45) is 3.82. The number of carbonyl (C=O) groups is 1. The smallest absolute Gasteiger partial charge is 0.253 e. The second kappa shape index (κ2) is 9.58. The number of nitrogens with one attached hydrogen (secondary N) is 1. The molecule has 180 valence electrons. The lowest BCUT2D eigenvalue weighted by atomic mass is 9.89. The molecule has 3 aromatic carbocycles. The molecule has 1 fully saturated rings. The molecule has 0 aliphatic carbocycles. The van der Waals surface area contributed by atoms with Gasteiger partial charge >= 0.3 is 0 Å². The second-order valence-electron chi connectivity index (χ2n) is 8.99. The average Bonchev–Trinajstić information content (AvgIpc) is 3.32. The van der Waals surface area contributed by atoms with Crippen LogP contribution in [0.3, 0.4) is 0 Å². The Morgan fingerprint density at radius 2 is 1.77 bits per heavy atom. The number of ether oxygens (including phenoxy) is 1. The third-order valence-electron chi connectivity index (χ3n) is 6.78. The fourth-order valence-electron chi connectivity index (χ4n) is 4.89. The van der Waals surface area contributed by atoms with Gasteiger partial charge in [0, 0.05) is 35.8 Å². The minimum Gasteiger partial charge on any atom is -0.497 e. The molecule has 2 heterocycles. The van der Waals surface area contributed by atoms with Gasteiger partial charge in [-0.2, -0.15) is 0 Å². The molecule has 1 aliphatic heterocycles. The zero-order valence-corrected chi connectivity index (χ0v) is 20.4. The lowest BCUT2D eigenvalue weighted by molar-refractivity contribution is 0.0713. The summed E-state index contributed by atoms with van der Waals surface area (Å²) in [6.45, 7) is 1.32. The first-order valence-electron chi connectivity index (χ1n) is 11.8. The van der Waals surface area contributed by atoms with Crippen molar-refractivity contribution in [3.8, 4) is 5.75 Å². The van der Waals surface area contributed by atoms with E-state index in [9.17, 15) is 13.2 Å². The van der Waals surface area contributed by atoms with Crippen LogP contribution in [-0.2, 0) is 15.6 Å². The number of aromatic amines is 1. The van der Waals surface area contributed by atoms with Gasteiger partial charge in [-0.05, 0) is 72.4 Å². The van der Waals surface area contributed by atoms with Gasteiger partial charge in [-0.15, -0.1) is 0 Å². The van der Waals surface area contributed by atoms with Crippen LogP contribution in [0.25, 0.3) is 10.9 Å². The molecule has 7 heteroatoms. The molecule has 1 N–H and O–H groups in total. The monoisotopic (exact) mass is 488 g/mol. The summed E-state index contributed by atoms with van der Waals surface area (Å²) >= 11 is 0. The van der Waals surface area contributed by atoms with E-state index in [0.29, 0.717) is 30.1 Å². The van der Waals surface area contributed by atoms with Crippen molar-refractivity contribution in [1.29, 1.82) is 0 Å². The van der Waals surface area contributed by atoms with Gasteiger partial charge in [-0.1, -0.05) is 30.3 Å². The number of likely N-dealkylation sites (tertiary alicyclic amines) is 1. The highest BCUT2D eigenvalue weighted by Crippen LogP contribution is 2.35. The molecule has 4 aromatic rings. The first kappa shape index (κ1) is 23.2. The van der Waals surface area contributed by atoms with Crippen molar-refractivity contribution in [2.24, 2.45) is 0 Å². The first-order chi connectivity index (χ1) is 16.9. The van der Waals surface area contributed by atoms with Gasteiger partial charge in [0.2, 0.25) is 0 Å². The van der Waals surface area contributed by atoms with E-state index in [1.54, 1.807) is 61.7 Å². The van der Waals surface area contributed by atoms with Crippen molar-refractivity contribution in [3.63, 3.8) is 0 Å². The van der Waals surface area contributed by atoms with Crippen LogP contribution >= 0.6 is 0 Å². The number of hydrogen-bond acceptors (Lipinski definition) is 4. The summed E-state index contributed by atoms with van der Waals surface area (Å²) in [4.78, 5) is 18.7. The van der Waals surface area contributed by atoms with Crippen molar-refractivity contribution in [2.45, 2.75) is 29.4 Å². The predicted molar refractivity (Wildman–Crippen MR) is 137 cm³/mol. The highest BCUT2D eigenvalue weighted by atomic mass is 32.2. The van der Waals surface area contributed by atoms with E-state index < -0.39 is 9.84 Å². The number of hydrogen-bond donors (Lipinski definition) is 1. The number of methoxy groups -OCH3 is 1. The van der Waals surface area contributed by atoms with Crippen molar-refractivity contribution in [3.05, 3.63) is 95.7 Å². The Morgan fingerprint density at radius 3 is 2.51 bits per heavy atom. The number of amides is 1. The molecule has 35 heavy (non-hydrogen) atoms. The van der Waals surface area contributed by atoms with Crippen LogP contribution in [0.15, 0.2) is 83.9 Å². The molecule has 0 bridgehead atoms. The number of benzene rings is 3. The fraction of sp³-hybridized carbons (Fsp3) is 0.250. The van der Waals surface area contributed by atoms with E-state index in [2.05, 4.69) is 17.2 Å². The molecule has 1 aliphatic rings. The summed E-state index contributed by atoms with van der Waals surface area (Å²) in [6, 6.07) is 21.4. The number of H-pyrrole nitrogens is 1. The van der Waals surface area contributed by atoms with Crippen molar-refractivity contribution < 1.29 is 17.9 Å². The molecular formula is C28H28N2O4S. The van der Waals surface area contributed by atoms with E-state index in [-0.39, 0.29) is 16.6 Å². The van der Waals surface area contributed by atoms with E-state index >= 15 is 0 Å². The maximum absolute atomic E-state index is 13.2. The summed E-state index contributed by atoms with van der Waals surface area (Å²) in [5, 5.41) is 1.17. The molecule has 0 unspecified atom stereocenters. The van der Waals surface area contributed by atoms with Gasteiger partial charge in [0.1, 0.15) is 5.75 Å². The largest absolute Gasteiger partial charge is 0.497 e. The second-order valence-corrected chi connectivity index (χ2v) is 11.0. The zero-order chi connectivity index (χ0) is 24.4. The number of nitrogens with zero attached hydrogens (tertiary/aromatic N) is 1. The molecule has 6 nitrogen and oxygen atoms in total. The van der Waals surface area contributed by atoms with Crippen LogP contribution in [0.4, 0.5) is 0 Å². The van der Waals surface area contributed by atoms with Crippen LogP contribution in [0.5, 0.6) is 5.75 Å². The summed E-state index contributed by atoms with van der Waals surface area (Å²) in [5.41, 5.74) is 3.49. The van der Waals surface area contributed by atoms with E-state index in [0.717, 1.165) is 24.1 Å². The van der Waals surface area contributed by atoms with Crippen LogP contribution in [0.2, 0.25) is 0 Å². The number of piperidine rings is 1. The van der Waals surface area contributed by atoms with E-state index in [4.69, 9.17) is 4.74 Å². The maximum Gasteiger partial charge on any atom is 0.253 e. The Bertz CT molecular complexity index is 1450. The van der Waals surface area contributed by atoms with Gasteiger partial charge in [-0.3, -0.25) is 4.79 Å². The summed E-state index contributed by atoms with van der Waals surface area (Å²) in [5.74, 6) is 1.01. The van der Waals surface area contributed by atoms with Crippen LogP contribution in [-0.4, -0.2) is 44.4 Å². The average molecular weight is 489 g/mol. The van der Waals surface area contributed by atoms with Crippen LogP contribution < -0.4 is 4.74 Å². The van der Waals surface area contributed by atoms with Crippen LogP contribution in [0.1, 0.15) is 40.2 Å². The summed E-state index contributed by atoms with van der Waals surface area (Å²) < 4.78 is 30.9. The van der Waals surface area contributed by atoms with Crippen LogP contribution in [0, 0.1) is 0 Å². The van der Waals surface area contributed by atoms with Gasteiger partial charge in [0.15, 0.2) is 9.84 Å². The first-order valence-corrected chi connectivity index (χ1v) is 13.4. The van der Waals surface area contributed by atoms with Crippen molar-refractivity contribution in [2.75, 3.05) is 20.2 Å². The van der Waals surface area contributed by atoms with Gasteiger partial charge in [-0.25, -0.2) is 8.42 Å². The van der Waals surface area contributed by atoms with Gasteiger partial charge in [0.25, 0.3) is 5.91 Å². The molecule has 1 amide bonds. The Morgan fingerprint density at radius 1 is 1.00 bits per heavy atom. The maximum atomic E-state index is 13.2. The Kier molecular flexibility index (Phi) is 6.34. The minimum atomic E-state index is -3.47. The number of carbonyl (C=O) groups excluding carboxylic acids is 1. The minimum absolute atomic E-state index is 0.0528. The highest BCUT2D eigenvalue weighted by molar-refractivity contribution is 7.90. The standard InChI is InChI=1S/C28H28N2O4S/c1-34-23-10-11-27-25(17-23)26(18-29-27)21-12-14-30(15-13-21)28(31)22-7-5-6-20(16-22)19-35(32,33)24-8-3-2-4-9-24/h2-11,16-18,21,29H,12-15,19H2,1H3. The molecule has 0 radical (unpaired) electrons. The van der Waals surface area contributed by atoms with E-state index in [1.165, 1.54) is 10.9 Å². The lowest BCUT2D eigenvalue weighted by Gasteiger charge is -2.32. The van der Waals surface area contributed by atoms with Gasteiger partial charge < -0.3 is 14.6 Å². The van der Waals surface area contributed by atoms with Crippen molar-refractivity contribution >= 4 is 26.6 Å². The Labute approximate surface area is 205 Å². The Hall–Kier alpha value is -3.58. The number of sulfone groups is 1. The fourth-order valence-corrected chi connectivity index (χ4v) is 6.24. The zero-order valence-electron chi connectivity index (χ0n) is 19.6. The predicted octanol–water partition coefficient (Wildman–Crippen LogP) is 5.17. The molecular weight excluding hydrogens is 460 g/mol. The number of fused-ring (bicyclic) bond motifs is 1. The lowest BCUT2D eigenvalue weighted by Crippen LogP contribution is -2.37. The normalized spacial score (nSPS) is 14.8. The molecule has 1 saturated heterocycles. The quantitative estimate of drug-likeness (QED) is 0.406. The molecule has 0 atom stereocenters. The highest BCUT2D eigenvalue weighted by Gasteiger charge is 2.26. The summed E-state index contributed by atoms with van der Waals surface area (Å²) in [7, 11) is -1.80. The number of aromatic nitrogens is 1. The van der Waals surface area contributed by atoms with E-state index in [1.807, 2.05) is 17.0 Å². The van der Waals surface area contributed by atoms with Crippen molar-refractivity contribution in [1.82, 2.24) is 9.88 Å². The SMILES string of the molecule is COc1ccc2[nH]cc(C3CCN(C(=O)c4cccc(CS(=O)(=O)c5ccccc5)c4)CC3)c2c1. The topological polar surface area (TPSA) is 79.5 Å². The third kappa shape index (κ3) is 4.82. The van der Waals surface area contributed by atoms with Gasteiger partial charge in [0.05, 0.1) is 17.8 Å². The molecule has 0 saturated carbocycles. The Balaban J connectivity index is 1.27. The third-order valence-corrected chi connectivity index (χ3v) is 8.48. The molecule has 1 aromatic heterocycles.